The maximum Gasteiger partial charge on any atom is 0.337 e. The number of nitrogens with zero attached hydrogens (tertiary/aromatic N) is 1. The van der Waals surface area contributed by atoms with Crippen LogP contribution in [0.1, 0.15) is 15.9 Å². The van der Waals surface area contributed by atoms with Gasteiger partial charge in [0, 0.05) is 0 Å². The lowest BCUT2D eigenvalue weighted by Gasteiger charge is -2.29. The van der Waals surface area contributed by atoms with Gasteiger partial charge >= 0.3 is 11.9 Å². The number of ether oxygens (including phenoxy) is 1. The van der Waals surface area contributed by atoms with E-state index in [1.54, 1.807) is 23.1 Å². The molecule has 1 aliphatic heterocycles. The summed E-state index contributed by atoms with van der Waals surface area (Å²) in [6, 6.07) is 11.5. The van der Waals surface area contributed by atoms with E-state index >= 15 is 0 Å². The number of rotatable bonds is 4. The van der Waals surface area contributed by atoms with Crippen LogP contribution < -0.4 is 15.0 Å². The molecule has 0 saturated carbocycles. The maximum absolute atomic E-state index is 12.4. The highest BCUT2D eigenvalue weighted by atomic mass is 16.5. The van der Waals surface area contributed by atoms with Gasteiger partial charge in [-0.25, -0.2) is 9.59 Å². The van der Waals surface area contributed by atoms with E-state index in [2.05, 4.69) is 5.32 Å². The highest BCUT2D eigenvalue weighted by Gasteiger charge is 2.26. The highest BCUT2D eigenvalue weighted by molar-refractivity contribution is 6.02. The monoisotopic (exact) mass is 340 g/mol. The van der Waals surface area contributed by atoms with Crippen molar-refractivity contribution in [3.63, 3.8) is 0 Å². The highest BCUT2D eigenvalue weighted by Crippen LogP contribution is 2.32. The molecule has 7 nitrogen and oxygen atoms in total. The first-order valence-corrected chi connectivity index (χ1v) is 7.62. The number of aryl methyl sites for hydroxylation is 1. The first-order chi connectivity index (χ1) is 11.9. The van der Waals surface area contributed by atoms with Crippen LogP contribution >= 0.6 is 0 Å². The van der Waals surface area contributed by atoms with Crippen LogP contribution in [0, 0.1) is 6.92 Å². The second-order valence-electron chi connectivity index (χ2n) is 5.70. The Bertz CT molecular complexity index is 862. The summed E-state index contributed by atoms with van der Waals surface area (Å²) in [5.74, 6) is -1.59. The summed E-state index contributed by atoms with van der Waals surface area (Å²) in [5, 5.41) is 11.8. The van der Waals surface area contributed by atoms with E-state index in [-0.39, 0.29) is 24.3 Å². The van der Waals surface area contributed by atoms with E-state index in [4.69, 9.17) is 4.74 Å². The minimum Gasteiger partial charge on any atom is -0.478 e. The maximum atomic E-state index is 12.4. The number of carboxylic acid groups (broad SMARTS) is 1. The molecule has 2 aromatic carbocycles. The number of para-hydroxylation sites is 1. The molecule has 2 aromatic rings. The number of hydrogen-bond donors (Lipinski definition) is 2. The average molecular weight is 340 g/mol. The molecule has 0 spiro atoms. The molecule has 0 atom stereocenters. The largest absolute Gasteiger partial charge is 0.478 e. The Balaban J connectivity index is 1.79. The van der Waals surface area contributed by atoms with Crippen molar-refractivity contribution in [2.24, 2.45) is 0 Å². The van der Waals surface area contributed by atoms with E-state index in [0.29, 0.717) is 11.4 Å². The van der Waals surface area contributed by atoms with E-state index in [1.165, 1.54) is 12.1 Å². The third-order valence-electron chi connectivity index (χ3n) is 3.76. The normalized spacial score (nSPS) is 13.0. The quantitative estimate of drug-likeness (QED) is 0.653. The third-order valence-corrected chi connectivity index (χ3v) is 3.76. The number of esters is 1. The van der Waals surface area contributed by atoms with Gasteiger partial charge in [0.25, 0.3) is 0 Å². The van der Waals surface area contributed by atoms with Crippen LogP contribution in [0.2, 0.25) is 0 Å². The van der Waals surface area contributed by atoms with Crippen LogP contribution in [0.25, 0.3) is 0 Å². The SMILES string of the molecule is Cc1ccc2c(c1)N(CC(=O)Nc1ccccc1C(=O)O)CC(=O)O2. The number of benzene rings is 2. The molecule has 0 radical (unpaired) electrons. The third kappa shape index (κ3) is 3.60. The first-order valence-electron chi connectivity index (χ1n) is 7.62. The second kappa shape index (κ2) is 6.64. The lowest BCUT2D eigenvalue weighted by atomic mass is 10.1. The van der Waals surface area contributed by atoms with Gasteiger partial charge in [0.1, 0.15) is 6.54 Å². The standard InChI is InChI=1S/C18H16N2O5/c1-11-6-7-15-14(8-11)20(10-17(22)25-15)9-16(21)19-13-5-3-2-4-12(13)18(23)24/h2-8H,9-10H2,1H3,(H,19,21)(H,23,24). The van der Waals surface area contributed by atoms with Gasteiger partial charge in [-0.1, -0.05) is 18.2 Å². The molecule has 0 unspecified atom stereocenters. The van der Waals surface area contributed by atoms with Gasteiger partial charge in [0.15, 0.2) is 5.75 Å². The van der Waals surface area contributed by atoms with Crippen molar-refractivity contribution < 1.29 is 24.2 Å². The van der Waals surface area contributed by atoms with Crippen molar-refractivity contribution >= 4 is 29.2 Å². The van der Waals surface area contributed by atoms with E-state index in [1.807, 2.05) is 19.1 Å². The molecule has 25 heavy (non-hydrogen) atoms. The van der Waals surface area contributed by atoms with Gasteiger partial charge in [-0.2, -0.15) is 0 Å². The van der Waals surface area contributed by atoms with Gasteiger partial charge in [-0.05, 0) is 36.8 Å². The molecule has 7 heteroatoms. The lowest BCUT2D eigenvalue weighted by molar-refractivity contribution is -0.133. The molecule has 128 valence electrons. The van der Waals surface area contributed by atoms with Crippen LogP contribution in [0.15, 0.2) is 42.5 Å². The summed E-state index contributed by atoms with van der Waals surface area (Å²) in [6.45, 7) is 1.75. The van der Waals surface area contributed by atoms with Crippen molar-refractivity contribution in [3.05, 3.63) is 53.6 Å². The molecule has 0 fully saturated rings. The molecular formula is C18H16N2O5. The van der Waals surface area contributed by atoms with Crippen LogP contribution in [-0.2, 0) is 9.59 Å². The van der Waals surface area contributed by atoms with Crippen molar-refractivity contribution in [2.75, 3.05) is 23.3 Å². The molecular weight excluding hydrogens is 324 g/mol. The number of anilines is 2. The number of nitrogens with one attached hydrogen (secondary N) is 1. The van der Waals surface area contributed by atoms with Gasteiger partial charge in [0.2, 0.25) is 5.91 Å². The molecule has 1 heterocycles. The Labute approximate surface area is 143 Å². The molecule has 1 aliphatic rings. The summed E-state index contributed by atoms with van der Waals surface area (Å²) >= 11 is 0. The zero-order valence-corrected chi connectivity index (χ0v) is 13.5. The minimum absolute atomic E-state index is 0.00477. The summed E-state index contributed by atoms with van der Waals surface area (Å²) < 4.78 is 5.18. The van der Waals surface area contributed by atoms with Gasteiger partial charge in [-0.15, -0.1) is 0 Å². The van der Waals surface area contributed by atoms with Gasteiger partial charge in [-0.3, -0.25) is 4.79 Å². The topological polar surface area (TPSA) is 95.9 Å². The first kappa shape index (κ1) is 16.5. The van der Waals surface area contributed by atoms with Crippen LogP contribution in [0.4, 0.5) is 11.4 Å². The Morgan fingerprint density at radius 3 is 2.76 bits per heavy atom. The molecule has 0 aromatic heterocycles. The van der Waals surface area contributed by atoms with E-state index in [0.717, 1.165) is 5.56 Å². The Kier molecular flexibility index (Phi) is 4.38. The lowest BCUT2D eigenvalue weighted by Crippen LogP contribution is -2.41. The fraction of sp³-hybridized carbons (Fsp3) is 0.167. The molecule has 1 amide bonds. The molecule has 2 N–H and O–H groups in total. The Morgan fingerprint density at radius 1 is 1.24 bits per heavy atom. The van der Waals surface area contributed by atoms with Crippen molar-refractivity contribution in [1.82, 2.24) is 0 Å². The number of carboxylic acids is 1. The summed E-state index contributed by atoms with van der Waals surface area (Å²) in [5.41, 5.74) is 1.84. The zero-order valence-electron chi connectivity index (χ0n) is 13.5. The van der Waals surface area contributed by atoms with Gasteiger partial charge in [0.05, 0.1) is 23.5 Å². The zero-order chi connectivity index (χ0) is 18.0. The predicted molar refractivity (Wildman–Crippen MR) is 91.1 cm³/mol. The van der Waals surface area contributed by atoms with Gasteiger partial charge < -0.3 is 20.1 Å². The number of amides is 1. The van der Waals surface area contributed by atoms with Crippen LogP contribution in [0.5, 0.6) is 5.75 Å². The summed E-state index contributed by atoms with van der Waals surface area (Å²) in [4.78, 5) is 36.9. The number of hydrogen-bond acceptors (Lipinski definition) is 5. The number of aromatic carboxylic acids is 1. The molecule has 0 aliphatic carbocycles. The predicted octanol–water partition coefficient (Wildman–Crippen LogP) is 2.06. The smallest absolute Gasteiger partial charge is 0.337 e. The average Bonchev–Trinajstić information content (AvgIpc) is 2.55. The fourth-order valence-electron chi connectivity index (χ4n) is 2.64. The summed E-state index contributed by atoms with van der Waals surface area (Å²) in [7, 11) is 0. The Hall–Kier alpha value is -3.35. The fourth-order valence-corrected chi connectivity index (χ4v) is 2.64. The van der Waals surface area contributed by atoms with Crippen LogP contribution in [-0.4, -0.2) is 36.0 Å². The summed E-state index contributed by atoms with van der Waals surface area (Å²) in [6.07, 6.45) is 0. The van der Waals surface area contributed by atoms with Crippen LogP contribution in [0.3, 0.4) is 0 Å². The van der Waals surface area contributed by atoms with E-state index in [9.17, 15) is 19.5 Å². The molecule has 0 bridgehead atoms. The number of fused-ring (bicyclic) bond motifs is 1. The Morgan fingerprint density at radius 2 is 2.00 bits per heavy atom. The minimum atomic E-state index is -1.13. The van der Waals surface area contributed by atoms with Crippen molar-refractivity contribution in [3.8, 4) is 5.75 Å². The molecule has 3 rings (SSSR count). The van der Waals surface area contributed by atoms with Crippen molar-refractivity contribution in [1.29, 1.82) is 0 Å². The van der Waals surface area contributed by atoms with E-state index < -0.39 is 17.8 Å². The number of carbonyl (C=O) groups excluding carboxylic acids is 2. The van der Waals surface area contributed by atoms with Crippen molar-refractivity contribution in [2.45, 2.75) is 6.92 Å². The second-order valence-corrected chi connectivity index (χ2v) is 5.70. The number of carbonyl (C=O) groups is 3. The molecule has 0 saturated heterocycles.